The van der Waals surface area contributed by atoms with E-state index in [4.69, 9.17) is 14.2 Å². The van der Waals surface area contributed by atoms with Crippen molar-refractivity contribution in [1.82, 2.24) is 0 Å². The first-order chi connectivity index (χ1) is 18.6. The lowest BCUT2D eigenvalue weighted by molar-refractivity contribution is -0.137. The van der Waals surface area contributed by atoms with Crippen LogP contribution in [0.4, 0.5) is 0 Å². The maximum absolute atomic E-state index is 12.6. The Morgan fingerprint density at radius 1 is 0.816 bits per heavy atom. The predicted molar refractivity (Wildman–Crippen MR) is 152 cm³/mol. The van der Waals surface area contributed by atoms with E-state index in [0.29, 0.717) is 24.5 Å². The van der Waals surface area contributed by atoms with Crippen molar-refractivity contribution < 1.29 is 23.8 Å². The van der Waals surface area contributed by atoms with Crippen LogP contribution in [-0.4, -0.2) is 25.2 Å². The van der Waals surface area contributed by atoms with Gasteiger partial charge in [-0.05, 0) is 92.3 Å². The highest BCUT2D eigenvalue weighted by atomic mass is 16.5. The molecule has 0 bridgehead atoms. The summed E-state index contributed by atoms with van der Waals surface area (Å²) in [6.07, 6.45) is 15.5. The quantitative estimate of drug-likeness (QED) is 0.0968. The molecule has 0 aromatic heterocycles. The van der Waals surface area contributed by atoms with Crippen LogP contribution in [0.25, 0.3) is 0 Å². The Balaban J connectivity index is 1.31. The number of benzene rings is 2. The average molecular weight is 521 g/mol. The molecule has 1 aliphatic carbocycles. The first kappa shape index (κ1) is 29.5. The minimum absolute atomic E-state index is 0.370. The Kier molecular flexibility index (Phi) is 13.0. The maximum atomic E-state index is 12.6. The summed E-state index contributed by atoms with van der Waals surface area (Å²) in [6, 6.07) is 15.0. The highest BCUT2D eigenvalue weighted by Gasteiger charge is 2.20. The molecule has 0 amide bonds. The van der Waals surface area contributed by atoms with Gasteiger partial charge in [-0.1, -0.05) is 64.2 Å². The van der Waals surface area contributed by atoms with E-state index >= 15 is 0 Å². The van der Waals surface area contributed by atoms with Crippen molar-refractivity contribution in [2.75, 3.05) is 13.2 Å². The molecule has 1 aliphatic rings. The third-order valence-corrected chi connectivity index (χ3v) is 7.45. The summed E-state index contributed by atoms with van der Waals surface area (Å²) in [4.78, 5) is 23.5. The smallest absolute Gasteiger partial charge is 0.343 e. The van der Waals surface area contributed by atoms with Gasteiger partial charge in [-0.2, -0.15) is 0 Å². The highest BCUT2D eigenvalue weighted by molar-refractivity contribution is 5.91. The number of hydrogen-bond acceptors (Lipinski definition) is 5. The number of unbranched alkanes of at least 4 members (excludes halogenated alkanes) is 3. The molecule has 1 saturated carbocycles. The van der Waals surface area contributed by atoms with Crippen molar-refractivity contribution in [3.05, 3.63) is 72.3 Å². The summed E-state index contributed by atoms with van der Waals surface area (Å²) < 4.78 is 16.3. The third-order valence-electron chi connectivity index (χ3n) is 7.45. The van der Waals surface area contributed by atoms with Gasteiger partial charge in [0.1, 0.15) is 11.5 Å². The summed E-state index contributed by atoms with van der Waals surface area (Å²) in [5.41, 5.74) is 1.80. The van der Waals surface area contributed by atoms with Crippen LogP contribution in [0, 0.1) is 11.8 Å². The Bertz CT molecular complexity index is 971. The molecule has 1 fully saturated rings. The largest absolute Gasteiger partial charge is 0.494 e. The summed E-state index contributed by atoms with van der Waals surface area (Å²) in [7, 11) is 0. The van der Waals surface area contributed by atoms with Gasteiger partial charge in [-0.3, -0.25) is 0 Å². The molecule has 5 heteroatoms. The molecule has 206 valence electrons. The maximum Gasteiger partial charge on any atom is 0.343 e. The van der Waals surface area contributed by atoms with Crippen LogP contribution in [-0.2, 0) is 16.0 Å². The predicted octanol–water partition coefficient (Wildman–Crippen LogP) is 8.11. The van der Waals surface area contributed by atoms with Gasteiger partial charge in [0.2, 0.25) is 0 Å². The van der Waals surface area contributed by atoms with Crippen LogP contribution in [0.2, 0.25) is 0 Å². The van der Waals surface area contributed by atoms with Crippen molar-refractivity contribution >= 4 is 11.9 Å². The minimum Gasteiger partial charge on any atom is -0.494 e. The van der Waals surface area contributed by atoms with Gasteiger partial charge in [-0.15, -0.1) is 0 Å². The van der Waals surface area contributed by atoms with Crippen molar-refractivity contribution in [3.8, 4) is 11.5 Å². The number of rotatable bonds is 16. The Morgan fingerprint density at radius 3 is 2.05 bits per heavy atom. The van der Waals surface area contributed by atoms with Gasteiger partial charge in [-0.25, -0.2) is 9.59 Å². The van der Waals surface area contributed by atoms with Crippen LogP contribution in [0.5, 0.6) is 11.5 Å². The van der Waals surface area contributed by atoms with Crippen molar-refractivity contribution in [1.29, 1.82) is 0 Å². The number of carbonyl (C=O) groups is 2. The monoisotopic (exact) mass is 520 g/mol. The van der Waals surface area contributed by atoms with Gasteiger partial charge < -0.3 is 14.2 Å². The van der Waals surface area contributed by atoms with E-state index in [-0.39, 0.29) is 11.9 Å². The standard InChI is InChI=1S/C33H44O5/c1-3-9-26-10-12-27(13-11-26)14-15-28-16-20-31(21-17-28)38-33(35)29-18-22-30(23-19-29)36-24-7-5-6-8-25-37-32(34)4-2/h4,16-23,26-27H,2-3,5-15,24-25H2,1H3. The normalized spacial score (nSPS) is 17.0. The zero-order chi connectivity index (χ0) is 27.0. The van der Waals surface area contributed by atoms with Gasteiger partial charge >= 0.3 is 11.9 Å². The number of ether oxygens (including phenoxy) is 3. The fraction of sp³-hybridized carbons (Fsp3) is 0.515. The number of aryl methyl sites for hydroxylation is 1. The topological polar surface area (TPSA) is 61.8 Å². The van der Waals surface area contributed by atoms with E-state index < -0.39 is 0 Å². The van der Waals surface area contributed by atoms with E-state index in [2.05, 4.69) is 25.6 Å². The van der Waals surface area contributed by atoms with Gasteiger partial charge in [0.25, 0.3) is 0 Å². The summed E-state index contributed by atoms with van der Waals surface area (Å²) in [5, 5.41) is 0. The molecular formula is C33H44O5. The van der Waals surface area contributed by atoms with Crippen LogP contribution < -0.4 is 9.47 Å². The molecule has 0 heterocycles. The molecule has 0 N–H and O–H groups in total. The Labute approximate surface area is 228 Å². The molecule has 0 saturated heterocycles. The molecule has 2 aromatic carbocycles. The van der Waals surface area contributed by atoms with Gasteiger partial charge in [0.15, 0.2) is 0 Å². The zero-order valence-electron chi connectivity index (χ0n) is 23.0. The Morgan fingerprint density at radius 2 is 1.42 bits per heavy atom. The molecule has 5 nitrogen and oxygen atoms in total. The summed E-state index contributed by atoms with van der Waals surface area (Å²) in [6.45, 7) is 6.69. The fourth-order valence-electron chi connectivity index (χ4n) is 5.14. The summed E-state index contributed by atoms with van der Waals surface area (Å²) >= 11 is 0. The van der Waals surface area contributed by atoms with E-state index in [0.717, 1.165) is 49.7 Å². The van der Waals surface area contributed by atoms with E-state index in [1.54, 1.807) is 24.3 Å². The lowest BCUT2D eigenvalue weighted by Gasteiger charge is -2.28. The van der Waals surface area contributed by atoms with Crippen LogP contribution in [0.15, 0.2) is 61.2 Å². The molecule has 0 atom stereocenters. The molecule has 0 unspecified atom stereocenters. The minimum atomic E-state index is -0.376. The van der Waals surface area contributed by atoms with Gasteiger partial charge in [0, 0.05) is 6.08 Å². The first-order valence-electron chi connectivity index (χ1n) is 14.4. The van der Waals surface area contributed by atoms with E-state index in [1.165, 1.54) is 56.6 Å². The van der Waals surface area contributed by atoms with E-state index in [1.807, 2.05) is 12.1 Å². The SMILES string of the molecule is C=CC(=O)OCCCCCCOc1ccc(C(=O)Oc2ccc(CCC3CCC(CCC)CC3)cc2)cc1. The van der Waals surface area contributed by atoms with Crippen molar-refractivity contribution in [2.45, 2.75) is 84.0 Å². The molecule has 38 heavy (non-hydrogen) atoms. The second-order valence-electron chi connectivity index (χ2n) is 10.4. The van der Waals surface area contributed by atoms with Crippen LogP contribution >= 0.6 is 0 Å². The van der Waals surface area contributed by atoms with Crippen LogP contribution in [0.1, 0.15) is 93.5 Å². The molecule has 0 aliphatic heterocycles. The van der Waals surface area contributed by atoms with Crippen molar-refractivity contribution in [2.24, 2.45) is 11.8 Å². The Hall–Kier alpha value is -3.08. The van der Waals surface area contributed by atoms with Crippen LogP contribution in [0.3, 0.4) is 0 Å². The second kappa shape index (κ2) is 16.7. The number of hydrogen-bond donors (Lipinski definition) is 0. The van der Waals surface area contributed by atoms with Gasteiger partial charge in [0.05, 0.1) is 18.8 Å². The lowest BCUT2D eigenvalue weighted by Crippen LogP contribution is -2.15. The molecule has 0 spiro atoms. The molecule has 2 aromatic rings. The fourth-order valence-corrected chi connectivity index (χ4v) is 5.14. The van der Waals surface area contributed by atoms with E-state index in [9.17, 15) is 9.59 Å². The first-order valence-corrected chi connectivity index (χ1v) is 14.4. The third kappa shape index (κ3) is 10.7. The summed E-state index contributed by atoms with van der Waals surface area (Å²) in [5.74, 6) is 2.36. The average Bonchev–Trinajstić information content (AvgIpc) is 2.95. The molecule has 3 rings (SSSR count). The molecular weight excluding hydrogens is 476 g/mol. The second-order valence-corrected chi connectivity index (χ2v) is 10.4. The number of carbonyl (C=O) groups excluding carboxylic acids is 2. The zero-order valence-corrected chi connectivity index (χ0v) is 23.0. The number of esters is 2. The molecule has 0 radical (unpaired) electrons. The lowest BCUT2D eigenvalue weighted by atomic mass is 9.78. The van der Waals surface area contributed by atoms with Crippen molar-refractivity contribution in [3.63, 3.8) is 0 Å². The highest BCUT2D eigenvalue weighted by Crippen LogP contribution is 2.34.